The second-order valence-electron chi connectivity index (χ2n) is 14.9. The fourth-order valence-electron chi connectivity index (χ4n) is 8.00. The number of nitrogens with two attached hydrogens (primary N) is 1. The molecule has 7 rings (SSSR count). The highest BCUT2D eigenvalue weighted by atomic mass is 35.5. The number of halogens is 1. The van der Waals surface area contributed by atoms with Gasteiger partial charge in [-0.15, -0.1) is 11.3 Å². The predicted molar refractivity (Wildman–Crippen MR) is 205 cm³/mol. The fourth-order valence-corrected chi connectivity index (χ4v) is 9.24. The highest BCUT2D eigenvalue weighted by Crippen LogP contribution is 2.34. The number of Topliss-reactive ketones (excluding diaryl/α,β-unsaturated/α-hetero) is 1. The Bertz CT molecular complexity index is 1850. The van der Waals surface area contributed by atoms with Crippen molar-refractivity contribution in [1.82, 2.24) is 25.5 Å². The number of hydrogen-bond acceptors (Lipinski definition) is 10. The van der Waals surface area contributed by atoms with E-state index >= 15 is 0 Å². The van der Waals surface area contributed by atoms with Gasteiger partial charge in [0.25, 0.3) is 5.89 Å². The number of benzene rings is 2. The van der Waals surface area contributed by atoms with Crippen LogP contribution < -0.4 is 16.4 Å². The highest BCUT2D eigenvalue weighted by Gasteiger charge is 2.42. The van der Waals surface area contributed by atoms with Crippen molar-refractivity contribution in [2.45, 2.75) is 95.4 Å². The van der Waals surface area contributed by atoms with E-state index in [1.54, 1.807) is 28.4 Å². The summed E-state index contributed by atoms with van der Waals surface area (Å²) in [5.41, 5.74) is 8.76. The maximum atomic E-state index is 14.4. The number of aromatic nitrogens is 2. The molecule has 0 radical (unpaired) electrons. The number of rotatable bonds is 13. The van der Waals surface area contributed by atoms with Gasteiger partial charge in [0.15, 0.2) is 5.58 Å². The number of para-hydroxylation sites is 2. The normalized spacial score (nSPS) is 23.0. The Kier molecular flexibility index (Phi) is 12.2. The van der Waals surface area contributed by atoms with Crippen LogP contribution in [0.25, 0.3) is 11.1 Å². The van der Waals surface area contributed by atoms with E-state index in [9.17, 15) is 14.4 Å². The Labute approximate surface area is 319 Å². The molecule has 2 aromatic heterocycles. The largest absolute Gasteiger partial charge is 0.434 e. The Morgan fingerprint density at radius 3 is 2.51 bits per heavy atom. The molecular formula is C40H49ClN6O5S. The zero-order chi connectivity index (χ0) is 36.9. The number of amides is 2. The van der Waals surface area contributed by atoms with Crippen molar-refractivity contribution in [2.75, 3.05) is 26.2 Å². The molecule has 282 valence electrons. The molecule has 13 heteroatoms. The van der Waals surface area contributed by atoms with Crippen LogP contribution in [0.15, 0.2) is 52.9 Å². The van der Waals surface area contributed by atoms with Gasteiger partial charge in [-0.2, -0.15) is 0 Å². The minimum atomic E-state index is -0.866. The molecule has 4 aromatic rings. The molecule has 2 aliphatic heterocycles. The summed E-state index contributed by atoms with van der Waals surface area (Å²) in [7, 11) is 0. The first-order chi connectivity index (χ1) is 25.7. The highest BCUT2D eigenvalue weighted by molar-refractivity contribution is 7.11. The lowest BCUT2D eigenvalue weighted by Gasteiger charge is -2.31. The maximum absolute atomic E-state index is 14.4. The molecule has 0 bridgehead atoms. The topological polar surface area (TPSA) is 153 Å². The van der Waals surface area contributed by atoms with Crippen LogP contribution >= 0.6 is 22.9 Å². The van der Waals surface area contributed by atoms with Crippen molar-refractivity contribution >= 4 is 51.6 Å². The van der Waals surface area contributed by atoms with Crippen molar-refractivity contribution in [2.24, 2.45) is 17.6 Å². The minimum Gasteiger partial charge on any atom is -0.434 e. The molecule has 3 atom stereocenters. The van der Waals surface area contributed by atoms with E-state index in [2.05, 4.69) is 15.6 Å². The third-order valence-electron chi connectivity index (χ3n) is 11.2. The van der Waals surface area contributed by atoms with Crippen LogP contribution in [0.2, 0.25) is 5.02 Å². The van der Waals surface area contributed by atoms with Crippen molar-refractivity contribution in [3.8, 4) is 0 Å². The molecule has 3 fully saturated rings. The molecule has 2 aromatic carbocycles. The number of carbonyl (C=O) groups is 3. The molecule has 0 spiro atoms. The number of nitrogens with zero attached hydrogens (tertiary/aromatic N) is 3. The predicted octanol–water partition coefficient (Wildman–Crippen LogP) is 5.96. The van der Waals surface area contributed by atoms with Crippen LogP contribution in [0, 0.1) is 18.8 Å². The minimum absolute atomic E-state index is 0.0285. The van der Waals surface area contributed by atoms with Gasteiger partial charge in [0.2, 0.25) is 17.6 Å². The summed E-state index contributed by atoms with van der Waals surface area (Å²) in [6.07, 6.45) is 6.35. The summed E-state index contributed by atoms with van der Waals surface area (Å²) in [6, 6.07) is 13.0. The van der Waals surface area contributed by atoms with E-state index in [1.807, 2.05) is 43.3 Å². The lowest BCUT2D eigenvalue weighted by molar-refractivity contribution is -0.138. The van der Waals surface area contributed by atoms with E-state index < -0.39 is 12.1 Å². The zero-order valence-corrected chi connectivity index (χ0v) is 31.8. The molecule has 4 heterocycles. The number of oxazole rings is 1. The molecule has 1 saturated carbocycles. The van der Waals surface area contributed by atoms with Gasteiger partial charge in [0, 0.05) is 28.8 Å². The van der Waals surface area contributed by atoms with Gasteiger partial charge < -0.3 is 30.4 Å². The van der Waals surface area contributed by atoms with Crippen molar-refractivity contribution in [3.63, 3.8) is 0 Å². The summed E-state index contributed by atoms with van der Waals surface area (Å²) in [5.74, 6) is 0.133. The smallest absolute Gasteiger partial charge is 0.266 e. The second-order valence-corrected chi connectivity index (χ2v) is 16.6. The van der Waals surface area contributed by atoms with Gasteiger partial charge in [-0.25, -0.2) is 9.97 Å². The molecular weight excluding hydrogens is 712 g/mol. The van der Waals surface area contributed by atoms with E-state index in [0.717, 1.165) is 72.8 Å². The second kappa shape index (κ2) is 17.2. The van der Waals surface area contributed by atoms with Crippen molar-refractivity contribution in [1.29, 1.82) is 0 Å². The van der Waals surface area contributed by atoms with Crippen LogP contribution in [0.1, 0.15) is 89.1 Å². The number of ketones is 1. The Morgan fingerprint density at radius 1 is 1.04 bits per heavy atom. The van der Waals surface area contributed by atoms with Gasteiger partial charge in [-0.1, -0.05) is 48.7 Å². The fraction of sp³-hybridized carbons (Fsp3) is 0.525. The Hall–Kier alpha value is -3.68. The lowest BCUT2D eigenvalue weighted by Crippen LogP contribution is -2.51. The van der Waals surface area contributed by atoms with E-state index in [1.165, 1.54) is 0 Å². The molecule has 4 N–H and O–H groups in total. The van der Waals surface area contributed by atoms with Crippen LogP contribution in [0.5, 0.6) is 0 Å². The summed E-state index contributed by atoms with van der Waals surface area (Å²) in [4.78, 5) is 54.7. The lowest BCUT2D eigenvalue weighted by atomic mass is 9.79. The zero-order valence-electron chi connectivity index (χ0n) is 30.2. The number of likely N-dealkylation sites (tertiary alicyclic amines) is 1. The first-order valence-corrected chi connectivity index (χ1v) is 20.2. The number of hydrogen-bond donors (Lipinski definition) is 3. The number of fused-ring (bicyclic) bond motifs is 1. The molecule has 2 saturated heterocycles. The SMILES string of the molecule is Cc1sc(C2CCNCC2)nc1CC(=O)N1C[C@H](OCc2ccc(Cl)cc2)C[C@H]1C(=O)N[C@@H](CC1CCC(CN)CC1)C(=O)c1nc2ccccc2o1. The van der Waals surface area contributed by atoms with Gasteiger partial charge in [-0.3, -0.25) is 14.4 Å². The van der Waals surface area contributed by atoms with E-state index in [-0.39, 0.29) is 48.5 Å². The maximum Gasteiger partial charge on any atom is 0.266 e. The van der Waals surface area contributed by atoms with Crippen molar-refractivity contribution in [3.05, 3.63) is 80.6 Å². The van der Waals surface area contributed by atoms with Gasteiger partial charge in [0.05, 0.1) is 35.9 Å². The number of aryl methyl sites for hydroxylation is 1. The number of ether oxygens (including phenoxy) is 1. The number of nitrogens with one attached hydrogen (secondary N) is 2. The summed E-state index contributed by atoms with van der Waals surface area (Å²) >= 11 is 7.76. The van der Waals surface area contributed by atoms with Gasteiger partial charge in [0.1, 0.15) is 11.6 Å². The average Bonchev–Trinajstić information content (AvgIpc) is 3.92. The molecule has 2 amide bonds. The first kappa shape index (κ1) is 37.6. The number of thiazole rings is 1. The standard InChI is InChI=1S/C40H49ClN6O5S/c1-24-32(46-40(53-24)28-14-16-43-17-15-28)20-36(48)47-22-30(51-23-27-10-12-29(41)13-11-27)19-34(47)38(50)44-33(18-25-6-8-26(21-42)9-7-25)37(49)39-45-31-4-2-3-5-35(31)52-39/h2-5,10-13,25-26,28,30,33-34,43H,6-9,14-23,42H2,1H3,(H,44,50)/t25?,26?,30-,33+,34+/m1/s1. The summed E-state index contributed by atoms with van der Waals surface area (Å²) in [5, 5.41) is 8.21. The van der Waals surface area contributed by atoms with Crippen molar-refractivity contribution < 1.29 is 23.5 Å². The molecule has 53 heavy (non-hydrogen) atoms. The van der Waals surface area contributed by atoms with Crippen LogP contribution in [0.4, 0.5) is 0 Å². The van der Waals surface area contributed by atoms with Crippen LogP contribution in [-0.4, -0.2) is 76.8 Å². The Morgan fingerprint density at radius 2 is 1.77 bits per heavy atom. The average molecular weight is 761 g/mol. The molecule has 11 nitrogen and oxygen atoms in total. The van der Waals surface area contributed by atoms with Crippen LogP contribution in [0.3, 0.4) is 0 Å². The molecule has 0 unspecified atom stereocenters. The van der Waals surface area contributed by atoms with E-state index in [4.69, 9.17) is 31.5 Å². The van der Waals surface area contributed by atoms with Crippen LogP contribution in [-0.2, 0) is 27.4 Å². The third-order valence-corrected chi connectivity index (χ3v) is 12.6. The summed E-state index contributed by atoms with van der Waals surface area (Å²) in [6.45, 7) is 5.16. The van der Waals surface area contributed by atoms with Gasteiger partial charge in [-0.05, 0) is 100 Å². The molecule has 1 aliphatic carbocycles. The van der Waals surface area contributed by atoms with Gasteiger partial charge >= 0.3 is 0 Å². The third kappa shape index (κ3) is 9.17. The van der Waals surface area contributed by atoms with E-state index in [0.29, 0.717) is 54.0 Å². The number of carbonyl (C=O) groups excluding carboxylic acids is 3. The first-order valence-electron chi connectivity index (χ1n) is 19.0. The Balaban J connectivity index is 1.10. The quantitative estimate of drug-likeness (QED) is 0.140. The monoisotopic (exact) mass is 760 g/mol. The summed E-state index contributed by atoms with van der Waals surface area (Å²) < 4.78 is 12.2. The molecule has 3 aliphatic rings. The number of piperidine rings is 1.